The van der Waals surface area contributed by atoms with Crippen LogP contribution < -0.4 is 5.32 Å². The summed E-state index contributed by atoms with van der Waals surface area (Å²) in [5.41, 5.74) is 1.28. The zero-order valence-electron chi connectivity index (χ0n) is 12.1. The van der Waals surface area contributed by atoms with E-state index in [1.807, 2.05) is 6.92 Å². The first-order valence-corrected chi connectivity index (χ1v) is 8.79. The Kier molecular flexibility index (Phi) is 5.57. The summed E-state index contributed by atoms with van der Waals surface area (Å²) in [5.74, 6) is 0. The summed E-state index contributed by atoms with van der Waals surface area (Å²) in [5, 5.41) is 16.0. The second-order valence-corrected chi connectivity index (χ2v) is 7.50. The molecular formula is C13H13NO6S3. The molecule has 10 heteroatoms. The molecule has 2 aromatic rings. The summed E-state index contributed by atoms with van der Waals surface area (Å²) in [6.45, 7) is 3.48. The van der Waals surface area contributed by atoms with Gasteiger partial charge < -0.3 is 5.32 Å². The number of benzene rings is 2. The summed E-state index contributed by atoms with van der Waals surface area (Å²) >= 11 is 5.76. The van der Waals surface area contributed by atoms with Gasteiger partial charge in [-0.25, -0.2) is 5.26 Å². The van der Waals surface area contributed by atoms with E-state index in [2.05, 4.69) is 14.7 Å². The number of fused-ring (bicyclic) bond motifs is 1. The first kappa shape index (κ1) is 18.1. The third kappa shape index (κ3) is 4.38. The van der Waals surface area contributed by atoms with Gasteiger partial charge in [-0.3, -0.25) is 4.55 Å². The molecule has 0 saturated heterocycles. The maximum absolute atomic E-state index is 11.5. The van der Waals surface area contributed by atoms with E-state index < -0.39 is 10.1 Å². The molecule has 7 nitrogen and oxygen atoms in total. The van der Waals surface area contributed by atoms with Gasteiger partial charge in [0.15, 0.2) is 0 Å². The van der Waals surface area contributed by atoms with Gasteiger partial charge >= 0.3 is 0 Å². The molecule has 0 spiro atoms. The minimum Gasteiger partial charge on any atom is -0.350 e. The zero-order valence-corrected chi connectivity index (χ0v) is 14.5. The molecule has 0 aliphatic rings. The predicted molar refractivity (Wildman–Crippen MR) is 91.1 cm³/mol. The number of thiocarbonyl (C=S) groups is 1. The number of hydrogen-bond donors (Lipinski definition) is 3. The van der Waals surface area contributed by atoms with Crippen LogP contribution in [0.15, 0.2) is 34.1 Å². The Balaban J connectivity index is 2.73. The molecule has 3 N–H and O–H groups in total. The average Bonchev–Trinajstić information content (AvgIpc) is 2.42. The van der Waals surface area contributed by atoms with Gasteiger partial charge in [0.25, 0.3) is 10.1 Å². The molecule has 0 unspecified atom stereocenters. The zero-order chi connectivity index (χ0) is 17.2. The lowest BCUT2D eigenvalue weighted by Crippen LogP contribution is -2.07. The van der Waals surface area contributed by atoms with Crippen LogP contribution in [-0.4, -0.2) is 23.2 Å². The van der Waals surface area contributed by atoms with Crippen LogP contribution in [0.5, 0.6) is 0 Å². The highest BCUT2D eigenvalue weighted by atomic mass is 32.2. The molecule has 0 aliphatic carbocycles. The van der Waals surface area contributed by atoms with E-state index in [0.717, 1.165) is 23.0 Å². The molecule has 23 heavy (non-hydrogen) atoms. The molecule has 124 valence electrons. The van der Waals surface area contributed by atoms with E-state index in [4.69, 9.17) is 17.5 Å². The Morgan fingerprint density at radius 2 is 2.00 bits per heavy atom. The standard InChI is InChI=1S/C13H13NO6S3/c1-7-3-10(22-20-19-15)4-9-5-11(23(16,17)18)6-12(13(7)9)14-8(2)21/h3-6,15H,1-2H3,(H,14,21)(H,16,17,18). The number of anilines is 1. The summed E-state index contributed by atoms with van der Waals surface area (Å²) in [4.78, 5) is 0.764. The first-order chi connectivity index (χ1) is 10.7. The van der Waals surface area contributed by atoms with Crippen LogP contribution in [0.1, 0.15) is 12.5 Å². The molecule has 0 atom stereocenters. The van der Waals surface area contributed by atoms with Crippen molar-refractivity contribution in [3.05, 3.63) is 29.8 Å². The van der Waals surface area contributed by atoms with Gasteiger partial charge in [-0.05, 0) is 49.1 Å². The quantitative estimate of drug-likeness (QED) is 0.238. The van der Waals surface area contributed by atoms with Crippen LogP contribution >= 0.6 is 24.3 Å². The van der Waals surface area contributed by atoms with Gasteiger partial charge in [-0.1, -0.05) is 17.3 Å². The van der Waals surface area contributed by atoms with Crippen molar-refractivity contribution in [3.8, 4) is 0 Å². The molecule has 0 aromatic heterocycles. The van der Waals surface area contributed by atoms with E-state index in [9.17, 15) is 13.0 Å². The average molecular weight is 375 g/mol. The van der Waals surface area contributed by atoms with Gasteiger partial charge in [0.1, 0.15) is 0 Å². The number of nitrogens with one attached hydrogen (secondary N) is 1. The normalized spacial score (nSPS) is 11.7. The van der Waals surface area contributed by atoms with E-state index in [-0.39, 0.29) is 4.90 Å². The van der Waals surface area contributed by atoms with Crippen molar-refractivity contribution in [3.63, 3.8) is 0 Å². The predicted octanol–water partition coefficient (Wildman–Crippen LogP) is 3.58. The third-order valence-corrected chi connectivity index (χ3v) is 4.45. The minimum atomic E-state index is -4.38. The molecular weight excluding hydrogens is 362 g/mol. The van der Waals surface area contributed by atoms with E-state index >= 15 is 0 Å². The van der Waals surface area contributed by atoms with Crippen molar-refractivity contribution >= 4 is 55.8 Å². The van der Waals surface area contributed by atoms with Crippen LogP contribution in [0, 0.1) is 6.92 Å². The lowest BCUT2D eigenvalue weighted by molar-refractivity contribution is -0.432. The Morgan fingerprint density at radius 3 is 2.57 bits per heavy atom. The third-order valence-electron chi connectivity index (χ3n) is 2.96. The fourth-order valence-electron chi connectivity index (χ4n) is 2.21. The topological polar surface area (TPSA) is 105 Å². The molecule has 0 amide bonds. The van der Waals surface area contributed by atoms with Crippen molar-refractivity contribution in [2.75, 3.05) is 5.32 Å². The smallest absolute Gasteiger partial charge is 0.294 e. The maximum Gasteiger partial charge on any atom is 0.294 e. The number of aryl methyl sites for hydroxylation is 1. The molecule has 2 rings (SSSR count). The summed E-state index contributed by atoms with van der Waals surface area (Å²) in [6.07, 6.45) is 0. The second kappa shape index (κ2) is 7.09. The molecule has 0 bridgehead atoms. The Bertz CT molecular complexity index is 866. The molecule has 0 heterocycles. The molecule has 2 aromatic carbocycles. The molecule has 0 aliphatic heterocycles. The van der Waals surface area contributed by atoms with E-state index in [1.54, 1.807) is 19.1 Å². The summed E-state index contributed by atoms with van der Waals surface area (Å²) in [6, 6.07) is 6.06. The van der Waals surface area contributed by atoms with Crippen molar-refractivity contribution in [1.29, 1.82) is 0 Å². The highest BCUT2D eigenvalue weighted by Crippen LogP contribution is 2.34. The SMILES string of the molecule is CC(=S)Nc1cc(S(=O)(=O)O)cc2cc(SOOO)cc(C)c12. The van der Waals surface area contributed by atoms with Gasteiger partial charge in [0.05, 0.1) is 21.9 Å². The first-order valence-electron chi connectivity index (χ1n) is 6.20. The maximum atomic E-state index is 11.5. The Morgan fingerprint density at radius 1 is 1.30 bits per heavy atom. The van der Waals surface area contributed by atoms with Crippen LogP contribution in [0.3, 0.4) is 0 Å². The second-order valence-electron chi connectivity index (χ2n) is 4.69. The van der Waals surface area contributed by atoms with Gasteiger partial charge in [-0.15, -0.1) is 4.33 Å². The van der Waals surface area contributed by atoms with Crippen molar-refractivity contribution in [2.45, 2.75) is 23.6 Å². The lowest BCUT2D eigenvalue weighted by atomic mass is 10.0. The van der Waals surface area contributed by atoms with Crippen LogP contribution in [0.4, 0.5) is 5.69 Å². The Hall–Kier alpha value is -1.27. The van der Waals surface area contributed by atoms with Gasteiger partial charge in [0, 0.05) is 16.0 Å². The molecule has 0 radical (unpaired) electrons. The highest BCUT2D eigenvalue weighted by molar-refractivity contribution is 7.94. The molecule has 0 fully saturated rings. The summed E-state index contributed by atoms with van der Waals surface area (Å²) < 4.78 is 36.6. The fourth-order valence-corrected chi connectivity index (χ4v) is 3.37. The Labute approximate surface area is 142 Å². The van der Waals surface area contributed by atoms with Crippen molar-refractivity contribution in [1.82, 2.24) is 0 Å². The molecule has 0 saturated carbocycles. The van der Waals surface area contributed by atoms with E-state index in [1.165, 1.54) is 12.1 Å². The fraction of sp³-hybridized carbons (Fsp3) is 0.154. The van der Waals surface area contributed by atoms with Crippen LogP contribution in [-0.2, 0) is 19.5 Å². The number of rotatable bonds is 5. The van der Waals surface area contributed by atoms with Crippen molar-refractivity contribution in [2.24, 2.45) is 0 Å². The van der Waals surface area contributed by atoms with Crippen molar-refractivity contribution < 1.29 is 27.6 Å². The lowest BCUT2D eigenvalue weighted by Gasteiger charge is -2.14. The largest absolute Gasteiger partial charge is 0.350 e. The van der Waals surface area contributed by atoms with Gasteiger partial charge in [0.2, 0.25) is 0 Å². The number of hydrogen-bond acceptors (Lipinski definition) is 7. The van der Waals surface area contributed by atoms with E-state index in [0.29, 0.717) is 21.0 Å². The highest BCUT2D eigenvalue weighted by Gasteiger charge is 2.16. The monoisotopic (exact) mass is 375 g/mol. The van der Waals surface area contributed by atoms with Crippen LogP contribution in [0.25, 0.3) is 10.8 Å². The van der Waals surface area contributed by atoms with Crippen LogP contribution in [0.2, 0.25) is 0 Å². The minimum absolute atomic E-state index is 0.260. The summed E-state index contributed by atoms with van der Waals surface area (Å²) in [7, 11) is -4.38. The van der Waals surface area contributed by atoms with Gasteiger partial charge in [-0.2, -0.15) is 8.42 Å².